The van der Waals surface area contributed by atoms with E-state index in [1.165, 1.54) is 4.57 Å². The summed E-state index contributed by atoms with van der Waals surface area (Å²) in [5.74, 6) is -1.07. The summed E-state index contributed by atoms with van der Waals surface area (Å²) in [4.78, 5) is 11.7. The molecule has 2 N–H and O–H groups in total. The molecule has 2 aromatic carbocycles. The van der Waals surface area contributed by atoms with Crippen molar-refractivity contribution in [2.45, 2.75) is 13.1 Å². The number of carbonyl (C=O) groups is 1. The van der Waals surface area contributed by atoms with Crippen LogP contribution in [0.25, 0.3) is 0 Å². The van der Waals surface area contributed by atoms with Crippen LogP contribution in [0.5, 0.6) is 5.88 Å². The van der Waals surface area contributed by atoms with E-state index in [0.717, 1.165) is 11.1 Å². The summed E-state index contributed by atoms with van der Waals surface area (Å²) in [7, 11) is 0. The van der Waals surface area contributed by atoms with Crippen molar-refractivity contribution in [3.8, 4) is 5.88 Å². The number of hydrogen-bond donors (Lipinski definition) is 1. The number of rotatable bonds is 5. The Balaban J connectivity index is 1.96. The number of nitrogens with zero attached hydrogens (tertiary/aromatic N) is 2. The minimum absolute atomic E-state index is 0.00443. The summed E-state index contributed by atoms with van der Waals surface area (Å²) in [5.41, 5.74) is 7.39. The van der Waals surface area contributed by atoms with Gasteiger partial charge in [0.15, 0.2) is 0 Å². The van der Waals surface area contributed by atoms with Crippen LogP contribution in [0.1, 0.15) is 21.6 Å². The molecule has 1 amide bonds. The fraction of sp³-hybridized carbons (Fsp3) is 0.111. The minimum atomic E-state index is -0.710. The van der Waals surface area contributed by atoms with E-state index in [1.807, 2.05) is 60.7 Å². The molecule has 0 aliphatic carbocycles. The third kappa shape index (κ3) is 3.23. The second-order valence-electron chi connectivity index (χ2n) is 5.36. The number of carbonyl (C=O) groups excluding carboxylic acids is 1. The van der Waals surface area contributed by atoms with E-state index in [4.69, 9.17) is 5.73 Å². The van der Waals surface area contributed by atoms with Crippen LogP contribution < -0.4 is 15.4 Å². The number of amides is 1. The lowest BCUT2D eigenvalue weighted by molar-refractivity contribution is -0.726. The fourth-order valence-corrected chi connectivity index (χ4v) is 2.58. The van der Waals surface area contributed by atoms with Crippen molar-refractivity contribution in [2.24, 2.45) is 5.73 Å². The minimum Gasteiger partial charge on any atom is -0.839 e. The Kier molecular flexibility index (Phi) is 4.10. The van der Waals surface area contributed by atoms with Crippen LogP contribution in [0.15, 0.2) is 67.0 Å². The van der Waals surface area contributed by atoms with E-state index >= 15 is 0 Å². The average Bonchev–Trinajstić information content (AvgIpc) is 2.85. The van der Waals surface area contributed by atoms with Gasteiger partial charge in [0.05, 0.1) is 0 Å². The molecule has 5 heteroatoms. The molecule has 0 radical (unpaired) electrons. The molecule has 0 spiro atoms. The molecular weight excluding hydrogens is 290 g/mol. The summed E-state index contributed by atoms with van der Waals surface area (Å²) in [6.45, 7) is 0.831. The molecule has 23 heavy (non-hydrogen) atoms. The smallest absolute Gasteiger partial charge is 0.291 e. The lowest BCUT2D eigenvalue weighted by Gasteiger charge is -2.05. The highest BCUT2D eigenvalue weighted by Gasteiger charge is 2.21. The van der Waals surface area contributed by atoms with Crippen molar-refractivity contribution in [3.05, 3.63) is 83.8 Å². The van der Waals surface area contributed by atoms with Gasteiger partial charge in [-0.25, -0.2) is 9.13 Å². The van der Waals surface area contributed by atoms with Gasteiger partial charge in [0.2, 0.25) is 12.0 Å². The van der Waals surface area contributed by atoms with E-state index in [9.17, 15) is 9.90 Å². The van der Waals surface area contributed by atoms with Gasteiger partial charge in [0.1, 0.15) is 19.0 Å². The molecular formula is C18H17N3O2. The summed E-state index contributed by atoms with van der Waals surface area (Å²) < 4.78 is 3.13. The summed E-state index contributed by atoms with van der Waals surface area (Å²) >= 11 is 0. The zero-order valence-corrected chi connectivity index (χ0v) is 12.6. The van der Waals surface area contributed by atoms with Gasteiger partial charge >= 0.3 is 0 Å². The number of hydrogen-bond acceptors (Lipinski definition) is 2. The Hall–Kier alpha value is -3.08. The monoisotopic (exact) mass is 307 g/mol. The van der Waals surface area contributed by atoms with Crippen LogP contribution in [-0.2, 0) is 13.1 Å². The maximum Gasteiger partial charge on any atom is 0.291 e. The standard InChI is InChI=1S/C18H17N3O2/c19-17(22)16-18(23)21(12-15-9-5-2-6-10-15)13-20(16)11-14-7-3-1-4-8-14/h1-10,13H,11-12H2,(H2-,19,22,23). The maximum atomic E-state index is 12.5. The van der Waals surface area contributed by atoms with Gasteiger partial charge in [-0.15, -0.1) is 0 Å². The molecule has 0 unspecified atom stereocenters. The number of imidazole rings is 1. The van der Waals surface area contributed by atoms with E-state index in [2.05, 4.69) is 0 Å². The van der Waals surface area contributed by atoms with Gasteiger partial charge in [-0.1, -0.05) is 60.7 Å². The molecule has 1 heterocycles. The fourth-order valence-electron chi connectivity index (χ4n) is 2.58. The second kappa shape index (κ2) is 6.36. The largest absolute Gasteiger partial charge is 0.839 e. The van der Waals surface area contributed by atoms with Crippen LogP contribution in [-0.4, -0.2) is 10.5 Å². The van der Waals surface area contributed by atoms with Gasteiger partial charge in [0, 0.05) is 0 Å². The van der Waals surface area contributed by atoms with Crippen molar-refractivity contribution in [2.75, 3.05) is 0 Å². The Morgan fingerprint density at radius 3 is 2.13 bits per heavy atom. The molecule has 0 saturated carbocycles. The molecule has 0 atom stereocenters. The van der Waals surface area contributed by atoms with Crippen LogP contribution in [0.3, 0.4) is 0 Å². The van der Waals surface area contributed by atoms with E-state index in [-0.39, 0.29) is 11.6 Å². The Morgan fingerprint density at radius 2 is 1.57 bits per heavy atom. The summed E-state index contributed by atoms with van der Waals surface area (Å²) in [6.07, 6.45) is 1.66. The van der Waals surface area contributed by atoms with Crippen LogP contribution >= 0.6 is 0 Å². The van der Waals surface area contributed by atoms with Gasteiger partial charge in [-0.05, 0) is 11.1 Å². The first kappa shape index (κ1) is 14.8. The van der Waals surface area contributed by atoms with Crippen molar-refractivity contribution >= 4 is 5.91 Å². The van der Waals surface area contributed by atoms with Crippen LogP contribution in [0, 0.1) is 0 Å². The lowest BCUT2D eigenvalue weighted by Crippen LogP contribution is -2.36. The molecule has 5 nitrogen and oxygen atoms in total. The maximum absolute atomic E-state index is 12.5. The van der Waals surface area contributed by atoms with Gasteiger partial charge in [0.25, 0.3) is 5.91 Å². The van der Waals surface area contributed by atoms with Crippen LogP contribution in [0.4, 0.5) is 0 Å². The highest BCUT2D eigenvalue weighted by atomic mass is 16.3. The lowest BCUT2D eigenvalue weighted by atomic mass is 10.2. The topological polar surface area (TPSA) is 75.0 Å². The van der Waals surface area contributed by atoms with Gasteiger partial charge in [-0.3, -0.25) is 4.79 Å². The Labute approximate surface area is 134 Å². The first-order valence-electron chi connectivity index (χ1n) is 7.32. The molecule has 0 saturated heterocycles. The molecule has 0 aliphatic heterocycles. The summed E-state index contributed by atoms with van der Waals surface area (Å²) in [6, 6.07) is 19.2. The molecule has 1 aromatic heterocycles. The Morgan fingerprint density at radius 1 is 1.00 bits per heavy atom. The molecule has 3 aromatic rings. The van der Waals surface area contributed by atoms with Crippen molar-refractivity contribution in [1.29, 1.82) is 0 Å². The first-order chi connectivity index (χ1) is 11.1. The third-order valence-corrected chi connectivity index (χ3v) is 3.65. The molecule has 116 valence electrons. The molecule has 0 aliphatic rings. The van der Waals surface area contributed by atoms with Crippen molar-refractivity contribution in [3.63, 3.8) is 0 Å². The van der Waals surface area contributed by atoms with Crippen molar-refractivity contribution < 1.29 is 14.5 Å². The number of benzene rings is 2. The molecule has 3 rings (SSSR count). The van der Waals surface area contributed by atoms with Crippen molar-refractivity contribution in [1.82, 2.24) is 4.57 Å². The quantitative estimate of drug-likeness (QED) is 0.715. The number of nitrogens with two attached hydrogens (primary N) is 1. The van der Waals surface area contributed by atoms with Gasteiger partial charge < -0.3 is 10.8 Å². The summed E-state index contributed by atoms with van der Waals surface area (Å²) in [5, 5.41) is 12.5. The van der Waals surface area contributed by atoms with E-state index < -0.39 is 5.91 Å². The highest BCUT2D eigenvalue weighted by molar-refractivity contribution is 5.92. The zero-order valence-electron chi connectivity index (χ0n) is 12.6. The highest BCUT2D eigenvalue weighted by Crippen LogP contribution is 2.13. The third-order valence-electron chi connectivity index (χ3n) is 3.65. The van der Waals surface area contributed by atoms with Crippen LogP contribution in [0.2, 0.25) is 0 Å². The first-order valence-corrected chi connectivity index (χ1v) is 7.32. The SMILES string of the molecule is NC(=O)c1c([O-])[n+](Cc2ccccc2)cn1Cc1ccccc1. The predicted molar refractivity (Wildman–Crippen MR) is 83.7 cm³/mol. The number of primary amides is 1. The molecule has 0 fully saturated rings. The average molecular weight is 307 g/mol. The van der Waals surface area contributed by atoms with E-state index in [1.54, 1.807) is 10.9 Å². The van der Waals surface area contributed by atoms with E-state index in [0.29, 0.717) is 13.1 Å². The molecule has 0 bridgehead atoms. The number of aromatic nitrogens is 2. The predicted octanol–water partition coefficient (Wildman–Crippen LogP) is 1.04. The van der Waals surface area contributed by atoms with Gasteiger partial charge in [-0.2, -0.15) is 0 Å². The zero-order chi connectivity index (χ0) is 16.2. The Bertz CT molecular complexity index is 811. The second-order valence-corrected chi connectivity index (χ2v) is 5.36. The normalized spacial score (nSPS) is 10.6.